The molecule has 3 aromatic rings. The lowest BCUT2D eigenvalue weighted by molar-refractivity contribution is -0.133. The molecule has 226 valence electrons. The summed E-state index contributed by atoms with van der Waals surface area (Å²) in [5.41, 5.74) is 4.06. The molecule has 10 nitrogen and oxygen atoms in total. The van der Waals surface area contributed by atoms with E-state index in [0.29, 0.717) is 56.7 Å². The van der Waals surface area contributed by atoms with E-state index in [0.717, 1.165) is 22.3 Å². The van der Waals surface area contributed by atoms with Gasteiger partial charge in [-0.25, -0.2) is 0 Å². The molecule has 0 unspecified atom stereocenters. The quantitative estimate of drug-likeness (QED) is 0.367. The molecular formula is C33H38N4O6. The van der Waals surface area contributed by atoms with Crippen molar-refractivity contribution in [1.29, 1.82) is 0 Å². The van der Waals surface area contributed by atoms with E-state index in [1.807, 2.05) is 48.5 Å². The van der Waals surface area contributed by atoms with E-state index in [9.17, 15) is 19.8 Å². The van der Waals surface area contributed by atoms with Crippen LogP contribution >= 0.6 is 0 Å². The average molecular weight is 587 g/mol. The molecular weight excluding hydrogens is 548 g/mol. The summed E-state index contributed by atoms with van der Waals surface area (Å²) in [5, 5.41) is 26.2. The number of benzene rings is 2. The fourth-order valence-corrected chi connectivity index (χ4v) is 6.22. The maximum Gasteiger partial charge on any atom is 0.255 e. The van der Waals surface area contributed by atoms with E-state index < -0.39 is 18.2 Å². The normalized spacial score (nSPS) is 26.6. The summed E-state index contributed by atoms with van der Waals surface area (Å²) >= 11 is 0. The topological polar surface area (TPSA) is 133 Å². The van der Waals surface area contributed by atoms with E-state index in [2.05, 4.69) is 20.5 Å². The van der Waals surface area contributed by atoms with Crippen LogP contribution in [0.25, 0.3) is 11.1 Å². The molecule has 6 rings (SSSR count). The van der Waals surface area contributed by atoms with E-state index in [1.165, 1.54) is 0 Å². The summed E-state index contributed by atoms with van der Waals surface area (Å²) < 4.78 is 12.5. The molecule has 43 heavy (non-hydrogen) atoms. The summed E-state index contributed by atoms with van der Waals surface area (Å²) in [5.74, 6) is 0.0697. The Morgan fingerprint density at radius 3 is 2.63 bits per heavy atom. The molecule has 3 aliphatic heterocycles. The van der Waals surface area contributed by atoms with Gasteiger partial charge in [-0.2, -0.15) is 0 Å². The second-order valence-corrected chi connectivity index (χ2v) is 11.6. The molecule has 0 spiro atoms. The standard InChI is InChI=1S/C33H38N4O6/c38-20-21-3-5-23(6-4-21)24-7-9-27-30(14-24)42-13-11-26-8-10-29(39)31(43-26)17-35-33(41)28-15-25(36-32(27)40)19-37(28)18-22-2-1-12-34-16-22/h1-7,9,12,14,16,25-26,28-29,31,38-39H,8,10-11,13,15,17-20H2,(H,35,41)(H,36,40)/t25-,26-,28-,29-,31+/m0/s1. The zero-order valence-electron chi connectivity index (χ0n) is 24.0. The van der Waals surface area contributed by atoms with Crippen LogP contribution in [0.4, 0.5) is 0 Å². The smallest absolute Gasteiger partial charge is 0.255 e. The lowest BCUT2D eigenvalue weighted by Gasteiger charge is -2.34. The van der Waals surface area contributed by atoms with Crippen molar-refractivity contribution in [3.8, 4) is 16.9 Å². The maximum atomic E-state index is 13.7. The minimum atomic E-state index is -0.654. The summed E-state index contributed by atoms with van der Waals surface area (Å²) in [4.78, 5) is 33.4. The van der Waals surface area contributed by atoms with Gasteiger partial charge in [0.05, 0.1) is 37.0 Å². The van der Waals surface area contributed by atoms with Crippen LogP contribution in [0.5, 0.6) is 5.75 Å². The number of rotatable bonds is 4. The zero-order chi connectivity index (χ0) is 29.8. The van der Waals surface area contributed by atoms with Gasteiger partial charge in [0.15, 0.2) is 0 Å². The van der Waals surface area contributed by atoms with Gasteiger partial charge in [0.1, 0.15) is 11.9 Å². The molecule has 4 bridgehead atoms. The first-order valence-corrected chi connectivity index (χ1v) is 15.0. The molecule has 0 aliphatic carbocycles. The molecule has 2 amide bonds. The number of ether oxygens (including phenoxy) is 2. The fourth-order valence-electron chi connectivity index (χ4n) is 6.22. The number of nitrogens with one attached hydrogen (secondary N) is 2. The number of carbonyl (C=O) groups is 2. The van der Waals surface area contributed by atoms with Crippen LogP contribution in [-0.4, -0.2) is 82.0 Å². The lowest BCUT2D eigenvalue weighted by Crippen LogP contribution is -2.50. The van der Waals surface area contributed by atoms with E-state index >= 15 is 0 Å². The molecule has 4 heterocycles. The van der Waals surface area contributed by atoms with Crippen molar-refractivity contribution in [2.45, 2.75) is 69.2 Å². The molecule has 2 aromatic carbocycles. The SMILES string of the molecule is O=C1N[C@H]2C[C@@H](C(=O)NC[C@H]3O[C@H](CCOc4cc(-c5ccc(CO)cc5)ccc41)CC[C@@H]3O)N(Cc1cccnc1)C2. The van der Waals surface area contributed by atoms with Gasteiger partial charge >= 0.3 is 0 Å². The number of aromatic nitrogens is 1. The van der Waals surface area contributed by atoms with Crippen molar-refractivity contribution in [1.82, 2.24) is 20.5 Å². The first-order chi connectivity index (χ1) is 21.0. The van der Waals surface area contributed by atoms with Gasteiger partial charge in [0.2, 0.25) is 5.91 Å². The van der Waals surface area contributed by atoms with Gasteiger partial charge < -0.3 is 30.3 Å². The van der Waals surface area contributed by atoms with Crippen LogP contribution in [-0.2, 0) is 22.7 Å². The number of likely N-dealkylation sites (tertiary alicyclic amines) is 1. The number of fused-ring (bicyclic) bond motifs is 5. The number of aliphatic hydroxyl groups is 2. The summed E-state index contributed by atoms with van der Waals surface area (Å²) in [6.07, 6.45) is 4.50. The minimum absolute atomic E-state index is 0.0295. The number of hydrogen-bond donors (Lipinski definition) is 4. The van der Waals surface area contributed by atoms with Crippen molar-refractivity contribution < 1.29 is 29.3 Å². The monoisotopic (exact) mass is 586 g/mol. The molecule has 0 saturated carbocycles. The first-order valence-electron chi connectivity index (χ1n) is 15.0. The third-order valence-corrected chi connectivity index (χ3v) is 8.60. The summed E-state index contributed by atoms with van der Waals surface area (Å²) in [6, 6.07) is 16.3. The van der Waals surface area contributed by atoms with Crippen LogP contribution in [0.3, 0.4) is 0 Å². The van der Waals surface area contributed by atoms with Gasteiger partial charge in [0, 0.05) is 44.5 Å². The Morgan fingerprint density at radius 2 is 1.84 bits per heavy atom. The third-order valence-electron chi connectivity index (χ3n) is 8.60. The van der Waals surface area contributed by atoms with Crippen LogP contribution in [0, 0.1) is 0 Å². The predicted molar refractivity (Wildman–Crippen MR) is 159 cm³/mol. The largest absolute Gasteiger partial charge is 0.493 e. The molecule has 1 aromatic heterocycles. The minimum Gasteiger partial charge on any atom is -0.493 e. The van der Waals surface area contributed by atoms with Gasteiger partial charge in [-0.3, -0.25) is 19.5 Å². The third kappa shape index (κ3) is 6.88. The van der Waals surface area contributed by atoms with Gasteiger partial charge in [-0.1, -0.05) is 36.4 Å². The Balaban J connectivity index is 1.29. The van der Waals surface area contributed by atoms with Crippen molar-refractivity contribution in [3.05, 3.63) is 83.7 Å². The van der Waals surface area contributed by atoms with Crippen molar-refractivity contribution in [3.63, 3.8) is 0 Å². The summed E-state index contributed by atoms with van der Waals surface area (Å²) in [7, 11) is 0. The number of carbonyl (C=O) groups excluding carboxylic acids is 2. The second-order valence-electron chi connectivity index (χ2n) is 11.6. The Morgan fingerprint density at radius 1 is 1.00 bits per heavy atom. The van der Waals surface area contributed by atoms with Gasteiger partial charge in [-0.15, -0.1) is 0 Å². The molecule has 5 atom stereocenters. The van der Waals surface area contributed by atoms with Crippen LogP contribution in [0.2, 0.25) is 0 Å². The highest BCUT2D eigenvalue weighted by atomic mass is 16.5. The highest BCUT2D eigenvalue weighted by Gasteiger charge is 2.39. The van der Waals surface area contributed by atoms with Crippen molar-refractivity contribution >= 4 is 11.8 Å². The number of aliphatic hydroxyl groups excluding tert-OH is 2. The Bertz CT molecular complexity index is 1420. The molecule has 4 N–H and O–H groups in total. The Labute approximate surface area is 251 Å². The van der Waals surface area contributed by atoms with Crippen LogP contribution in [0.1, 0.15) is 47.2 Å². The average Bonchev–Trinajstić information content (AvgIpc) is 3.42. The fraction of sp³-hybridized carbons (Fsp3) is 0.424. The maximum absolute atomic E-state index is 13.7. The zero-order valence-corrected chi connectivity index (χ0v) is 24.0. The van der Waals surface area contributed by atoms with Crippen LogP contribution in [0.15, 0.2) is 67.0 Å². The van der Waals surface area contributed by atoms with E-state index in [1.54, 1.807) is 18.5 Å². The summed E-state index contributed by atoms with van der Waals surface area (Å²) in [6.45, 7) is 1.53. The highest BCUT2D eigenvalue weighted by molar-refractivity contribution is 5.98. The molecule has 2 saturated heterocycles. The lowest BCUT2D eigenvalue weighted by atomic mass is 9.99. The second kappa shape index (κ2) is 13.2. The number of pyridine rings is 1. The molecule has 0 radical (unpaired) electrons. The Hall–Kier alpha value is -3.83. The number of hydrogen-bond acceptors (Lipinski definition) is 8. The van der Waals surface area contributed by atoms with Crippen LogP contribution < -0.4 is 15.4 Å². The molecule has 10 heteroatoms. The molecule has 3 aliphatic rings. The first kappa shape index (κ1) is 29.3. The van der Waals surface area contributed by atoms with Gasteiger partial charge in [-0.05, 0) is 59.7 Å². The van der Waals surface area contributed by atoms with Gasteiger partial charge in [0.25, 0.3) is 5.91 Å². The predicted octanol–water partition coefficient (Wildman–Crippen LogP) is 2.42. The highest BCUT2D eigenvalue weighted by Crippen LogP contribution is 2.30. The van der Waals surface area contributed by atoms with Crippen molar-refractivity contribution in [2.75, 3.05) is 19.7 Å². The molecule has 2 fully saturated rings. The van der Waals surface area contributed by atoms with Crippen molar-refractivity contribution in [2.24, 2.45) is 0 Å². The number of nitrogens with zero attached hydrogens (tertiary/aromatic N) is 2. The number of amides is 2. The van der Waals surface area contributed by atoms with E-state index in [4.69, 9.17) is 9.47 Å². The van der Waals surface area contributed by atoms with E-state index in [-0.39, 0.29) is 37.1 Å². The Kier molecular flexibility index (Phi) is 8.99.